The molecule has 6 nitrogen and oxygen atoms in total. The number of hydrogen-bond acceptors (Lipinski definition) is 5. The number of carbonyl (C=O) groups excluding carboxylic acids is 1. The van der Waals surface area contributed by atoms with E-state index in [1.165, 1.54) is 12.1 Å². The Morgan fingerprint density at radius 1 is 1.32 bits per heavy atom. The first-order chi connectivity index (χ1) is 13.3. The predicted octanol–water partition coefficient (Wildman–Crippen LogP) is 3.53. The number of nitrogens with zero attached hydrogens (tertiary/aromatic N) is 1. The molecule has 0 spiro atoms. The van der Waals surface area contributed by atoms with Gasteiger partial charge < -0.3 is 18.8 Å². The lowest BCUT2D eigenvalue weighted by Crippen LogP contribution is -2.56. The number of ether oxygens (including phenoxy) is 2. The lowest BCUT2D eigenvalue weighted by molar-refractivity contribution is -0.139. The van der Waals surface area contributed by atoms with Gasteiger partial charge in [0, 0.05) is 17.0 Å². The molecule has 0 N–H and O–H groups in total. The third-order valence-electron chi connectivity index (χ3n) is 4.22. The van der Waals surface area contributed by atoms with Crippen molar-refractivity contribution in [3.8, 4) is 11.5 Å². The Balaban J connectivity index is 1.51. The summed E-state index contributed by atoms with van der Waals surface area (Å²) in [6, 6.07) is 7.59. The Labute approximate surface area is 168 Å². The fourth-order valence-electron chi connectivity index (χ4n) is 2.91. The molecule has 0 radical (unpaired) electrons. The van der Waals surface area contributed by atoms with E-state index < -0.39 is 12.2 Å². The normalized spacial score (nSPS) is 14.1. The number of carbonyl (C=O) groups is 1. The summed E-state index contributed by atoms with van der Waals surface area (Å²) in [6.07, 6.45) is 0.242. The van der Waals surface area contributed by atoms with Gasteiger partial charge in [-0.3, -0.25) is 4.79 Å². The van der Waals surface area contributed by atoms with Crippen molar-refractivity contribution >= 4 is 21.8 Å². The van der Waals surface area contributed by atoms with E-state index >= 15 is 0 Å². The molecule has 1 saturated heterocycles. The fraction of sp³-hybridized carbons (Fsp3) is 0.368. The van der Waals surface area contributed by atoms with Crippen molar-refractivity contribution in [3.05, 3.63) is 56.5 Å². The average Bonchev–Trinajstić information content (AvgIpc) is 2.56. The maximum atomic E-state index is 12.5. The molecule has 1 fully saturated rings. The van der Waals surface area contributed by atoms with Crippen LogP contribution in [-0.4, -0.2) is 36.6 Å². The molecule has 0 bridgehead atoms. The quantitative estimate of drug-likeness (QED) is 0.635. The van der Waals surface area contributed by atoms with E-state index in [0.29, 0.717) is 30.2 Å². The Hall–Kier alpha value is -2.42. The van der Waals surface area contributed by atoms with Gasteiger partial charge in [0.1, 0.15) is 23.4 Å². The van der Waals surface area contributed by atoms with Crippen molar-refractivity contribution in [2.75, 3.05) is 13.1 Å². The molecule has 3 rings (SSSR count). The van der Waals surface area contributed by atoms with Crippen LogP contribution in [0.4, 0.5) is 8.78 Å². The van der Waals surface area contributed by atoms with Gasteiger partial charge in [0.05, 0.1) is 19.2 Å². The first kappa shape index (κ1) is 20.3. The van der Waals surface area contributed by atoms with Crippen LogP contribution in [0.25, 0.3) is 0 Å². The number of alkyl halides is 2. The van der Waals surface area contributed by atoms with Crippen molar-refractivity contribution in [2.24, 2.45) is 0 Å². The number of halogens is 3. The van der Waals surface area contributed by atoms with Gasteiger partial charge >= 0.3 is 12.2 Å². The summed E-state index contributed by atoms with van der Waals surface area (Å²) in [4.78, 5) is 25.3. The summed E-state index contributed by atoms with van der Waals surface area (Å²) in [5, 5.41) is 0. The minimum absolute atomic E-state index is 0.0640. The highest BCUT2D eigenvalue weighted by molar-refractivity contribution is 9.10. The van der Waals surface area contributed by atoms with Crippen molar-refractivity contribution < 1.29 is 27.5 Å². The van der Waals surface area contributed by atoms with Gasteiger partial charge in [0.15, 0.2) is 0 Å². The predicted molar refractivity (Wildman–Crippen MR) is 99.8 cm³/mol. The third-order valence-corrected chi connectivity index (χ3v) is 4.71. The van der Waals surface area contributed by atoms with Crippen LogP contribution in [0.2, 0.25) is 0 Å². The molecule has 0 atom stereocenters. The highest BCUT2D eigenvalue weighted by Crippen LogP contribution is 2.27. The van der Waals surface area contributed by atoms with Gasteiger partial charge in [-0.1, -0.05) is 15.9 Å². The Bertz CT molecular complexity index is 911. The number of rotatable bonds is 7. The molecule has 28 heavy (non-hydrogen) atoms. The Morgan fingerprint density at radius 3 is 2.75 bits per heavy atom. The zero-order chi connectivity index (χ0) is 20.3. The Kier molecular flexibility index (Phi) is 6.33. The van der Waals surface area contributed by atoms with Crippen LogP contribution in [0.15, 0.2) is 44.0 Å². The van der Waals surface area contributed by atoms with Gasteiger partial charge in [0.2, 0.25) is 5.91 Å². The minimum atomic E-state index is -2.92. The van der Waals surface area contributed by atoms with E-state index in [1.807, 2.05) is 0 Å². The van der Waals surface area contributed by atoms with E-state index in [9.17, 15) is 18.4 Å². The number of aryl methyl sites for hydroxylation is 2. The average molecular weight is 458 g/mol. The van der Waals surface area contributed by atoms with E-state index in [-0.39, 0.29) is 30.6 Å². The summed E-state index contributed by atoms with van der Waals surface area (Å²) in [5.74, 6) is 0.819. The molecule has 0 aliphatic carbocycles. The van der Waals surface area contributed by atoms with Gasteiger partial charge in [-0.15, -0.1) is 0 Å². The van der Waals surface area contributed by atoms with Crippen LogP contribution in [0.3, 0.4) is 0 Å². The van der Waals surface area contributed by atoms with E-state index in [1.54, 1.807) is 30.0 Å². The van der Waals surface area contributed by atoms with Crippen LogP contribution in [-0.2, 0) is 11.2 Å². The van der Waals surface area contributed by atoms with E-state index in [2.05, 4.69) is 20.7 Å². The maximum absolute atomic E-state index is 12.5. The lowest BCUT2D eigenvalue weighted by atomic mass is 10.1. The van der Waals surface area contributed by atoms with Gasteiger partial charge in [0.25, 0.3) is 0 Å². The second-order valence-corrected chi connectivity index (χ2v) is 7.31. The second kappa shape index (κ2) is 8.72. The molecular formula is C19H18BrF2NO5. The third kappa shape index (κ3) is 5.31. The highest BCUT2D eigenvalue weighted by Gasteiger charge is 2.32. The molecule has 1 aromatic carbocycles. The number of benzene rings is 1. The van der Waals surface area contributed by atoms with Crippen molar-refractivity contribution in [2.45, 2.75) is 32.5 Å². The van der Waals surface area contributed by atoms with Gasteiger partial charge in [-0.05, 0) is 37.1 Å². The number of amides is 1. The lowest BCUT2D eigenvalue weighted by Gasteiger charge is -2.39. The summed E-state index contributed by atoms with van der Waals surface area (Å²) in [6.45, 7) is -0.472. The molecule has 9 heteroatoms. The Morgan fingerprint density at radius 2 is 2.07 bits per heavy atom. The fourth-order valence-corrected chi connectivity index (χ4v) is 3.32. The molecule has 1 aromatic heterocycles. The molecule has 0 unspecified atom stereocenters. The molecule has 1 amide bonds. The van der Waals surface area contributed by atoms with E-state index in [4.69, 9.17) is 9.15 Å². The van der Waals surface area contributed by atoms with Crippen LogP contribution < -0.4 is 15.1 Å². The molecule has 150 valence electrons. The molecule has 1 aliphatic rings. The second-order valence-electron chi connectivity index (χ2n) is 6.39. The molecule has 1 aliphatic heterocycles. The SMILES string of the molecule is Cc1cc(OC2CN(C(=O)CCc3cc(Br)ccc3OC(F)F)C2)cc(=O)o1. The van der Waals surface area contributed by atoms with Crippen LogP contribution in [0.1, 0.15) is 17.7 Å². The maximum Gasteiger partial charge on any atom is 0.387 e. The summed E-state index contributed by atoms with van der Waals surface area (Å²) < 4.78 is 40.8. The molecule has 2 heterocycles. The first-order valence-corrected chi connectivity index (χ1v) is 9.39. The van der Waals surface area contributed by atoms with Crippen molar-refractivity contribution in [3.63, 3.8) is 0 Å². The largest absolute Gasteiger partial charge is 0.486 e. The minimum Gasteiger partial charge on any atom is -0.486 e. The summed E-state index contributed by atoms with van der Waals surface area (Å²) in [5.41, 5.74) is 0.0425. The highest BCUT2D eigenvalue weighted by atomic mass is 79.9. The van der Waals surface area contributed by atoms with Crippen molar-refractivity contribution in [1.29, 1.82) is 0 Å². The molecule has 2 aromatic rings. The van der Waals surface area contributed by atoms with Gasteiger partial charge in [-0.25, -0.2) is 4.79 Å². The summed E-state index contributed by atoms with van der Waals surface area (Å²) in [7, 11) is 0. The zero-order valence-corrected chi connectivity index (χ0v) is 16.6. The zero-order valence-electron chi connectivity index (χ0n) is 15.0. The summed E-state index contributed by atoms with van der Waals surface area (Å²) >= 11 is 3.29. The van der Waals surface area contributed by atoms with E-state index in [0.717, 1.165) is 4.47 Å². The first-order valence-electron chi connectivity index (χ1n) is 8.59. The molecular weight excluding hydrogens is 440 g/mol. The van der Waals surface area contributed by atoms with Crippen molar-refractivity contribution in [1.82, 2.24) is 4.90 Å². The van der Waals surface area contributed by atoms with Crippen LogP contribution in [0, 0.1) is 6.92 Å². The smallest absolute Gasteiger partial charge is 0.387 e. The number of hydrogen-bond donors (Lipinski definition) is 0. The standard InChI is InChI=1S/C19H18BrF2NO5/c1-11-6-14(8-18(25)26-11)27-15-9-23(10-15)17(24)5-2-12-7-13(20)3-4-16(12)28-19(21)22/h3-4,6-8,15,19H,2,5,9-10H2,1H3. The molecule has 0 saturated carbocycles. The van der Waals surface area contributed by atoms with Gasteiger partial charge in [-0.2, -0.15) is 8.78 Å². The number of likely N-dealkylation sites (tertiary alicyclic amines) is 1. The van der Waals surface area contributed by atoms with Crippen LogP contribution in [0.5, 0.6) is 11.5 Å². The topological polar surface area (TPSA) is 69.0 Å². The monoisotopic (exact) mass is 457 g/mol. The van der Waals surface area contributed by atoms with Crippen LogP contribution >= 0.6 is 15.9 Å².